The van der Waals surface area contributed by atoms with Crippen molar-refractivity contribution in [3.8, 4) is 0 Å². The van der Waals surface area contributed by atoms with Crippen LogP contribution in [-0.4, -0.2) is 21.6 Å². The number of nitrogens with zero attached hydrogens (tertiary/aromatic N) is 1. The quantitative estimate of drug-likeness (QED) is 0.789. The topological polar surface area (TPSA) is 71.3 Å². The fourth-order valence-corrected chi connectivity index (χ4v) is 1.62. The second kappa shape index (κ2) is 4.00. The maximum atomic E-state index is 11.4. The lowest BCUT2D eigenvalue weighted by Gasteiger charge is -2.00. The van der Waals surface area contributed by atoms with Gasteiger partial charge in [0.2, 0.25) is 5.91 Å². The van der Waals surface area contributed by atoms with Gasteiger partial charge in [0.1, 0.15) is 5.69 Å². The minimum Gasteiger partial charge on any atom is -0.477 e. The number of aromatic nitrogens is 1. The van der Waals surface area contributed by atoms with Gasteiger partial charge in [-0.05, 0) is 24.5 Å². The third-order valence-electron chi connectivity index (χ3n) is 2.70. The zero-order chi connectivity index (χ0) is 11.7. The molecule has 1 fully saturated rings. The molecule has 1 aliphatic rings. The lowest BCUT2D eigenvalue weighted by molar-refractivity contribution is -0.122. The smallest absolute Gasteiger partial charge is 0.352 e. The van der Waals surface area contributed by atoms with Gasteiger partial charge in [-0.25, -0.2) is 4.79 Å². The van der Waals surface area contributed by atoms with Crippen molar-refractivity contribution in [3.05, 3.63) is 23.5 Å². The van der Waals surface area contributed by atoms with Gasteiger partial charge < -0.3 is 15.0 Å². The van der Waals surface area contributed by atoms with E-state index in [0.29, 0.717) is 6.54 Å². The Morgan fingerprint density at radius 3 is 2.75 bits per heavy atom. The van der Waals surface area contributed by atoms with Crippen molar-refractivity contribution in [1.29, 1.82) is 0 Å². The van der Waals surface area contributed by atoms with Crippen LogP contribution in [-0.2, 0) is 18.4 Å². The molecule has 1 amide bonds. The first-order valence-corrected chi connectivity index (χ1v) is 5.24. The Hall–Kier alpha value is -1.78. The third-order valence-corrected chi connectivity index (χ3v) is 2.70. The Labute approximate surface area is 93.1 Å². The minimum absolute atomic E-state index is 0.0701. The average molecular weight is 222 g/mol. The zero-order valence-corrected chi connectivity index (χ0v) is 9.06. The fraction of sp³-hybridized carbons (Fsp3) is 0.455. The molecular formula is C11H14N2O3. The van der Waals surface area contributed by atoms with Crippen LogP contribution in [0.3, 0.4) is 0 Å². The van der Waals surface area contributed by atoms with Crippen LogP contribution in [0.25, 0.3) is 0 Å². The molecule has 0 spiro atoms. The summed E-state index contributed by atoms with van der Waals surface area (Å²) in [6, 6.07) is 1.58. The van der Waals surface area contributed by atoms with E-state index in [-0.39, 0.29) is 17.5 Å². The molecule has 0 saturated heterocycles. The van der Waals surface area contributed by atoms with E-state index in [1.807, 2.05) is 0 Å². The standard InChI is InChI=1S/C11H14N2O3/c1-13-6-7(4-9(13)11(15)16)5-12-10(14)8-2-3-8/h4,6,8H,2-3,5H2,1H3,(H,12,14)(H,15,16). The van der Waals surface area contributed by atoms with Gasteiger partial charge >= 0.3 is 5.97 Å². The Morgan fingerprint density at radius 1 is 1.56 bits per heavy atom. The van der Waals surface area contributed by atoms with Gasteiger partial charge in [0.15, 0.2) is 0 Å². The number of rotatable bonds is 4. The summed E-state index contributed by atoms with van der Waals surface area (Å²) in [6.45, 7) is 0.399. The average Bonchev–Trinajstić information content (AvgIpc) is 2.99. The predicted octanol–water partition coefficient (Wildman–Crippen LogP) is 0.749. The van der Waals surface area contributed by atoms with Gasteiger partial charge in [0.05, 0.1) is 0 Å². The highest BCUT2D eigenvalue weighted by Crippen LogP contribution is 2.28. The van der Waals surface area contributed by atoms with Crippen LogP contribution in [0.15, 0.2) is 12.3 Å². The van der Waals surface area contributed by atoms with Gasteiger partial charge in [0.25, 0.3) is 0 Å². The molecule has 0 bridgehead atoms. The van der Waals surface area contributed by atoms with Gasteiger partial charge in [-0.3, -0.25) is 4.79 Å². The third kappa shape index (κ3) is 2.24. The lowest BCUT2D eigenvalue weighted by Crippen LogP contribution is -2.23. The molecule has 86 valence electrons. The number of carbonyl (C=O) groups is 2. The first-order valence-electron chi connectivity index (χ1n) is 5.24. The molecular weight excluding hydrogens is 208 g/mol. The molecule has 0 atom stereocenters. The Balaban J connectivity index is 1.96. The summed E-state index contributed by atoms with van der Waals surface area (Å²) in [6.07, 6.45) is 3.67. The van der Waals surface area contributed by atoms with Crippen molar-refractivity contribution < 1.29 is 14.7 Å². The number of nitrogens with one attached hydrogen (secondary N) is 1. The van der Waals surface area contributed by atoms with Gasteiger partial charge in [-0.1, -0.05) is 0 Å². The maximum Gasteiger partial charge on any atom is 0.352 e. The Kier molecular flexibility index (Phi) is 2.68. The first-order chi connectivity index (χ1) is 7.58. The molecule has 0 unspecified atom stereocenters. The number of carboxylic acids is 1. The van der Waals surface area contributed by atoms with E-state index in [1.54, 1.807) is 23.9 Å². The second-order valence-electron chi connectivity index (χ2n) is 4.14. The van der Waals surface area contributed by atoms with E-state index in [1.165, 1.54) is 0 Å². The molecule has 0 radical (unpaired) electrons. The van der Waals surface area contributed by atoms with Crippen molar-refractivity contribution in [2.45, 2.75) is 19.4 Å². The molecule has 1 aromatic heterocycles. The summed E-state index contributed by atoms with van der Waals surface area (Å²) in [7, 11) is 1.68. The number of hydrogen-bond acceptors (Lipinski definition) is 2. The van der Waals surface area contributed by atoms with Gasteiger partial charge in [-0.2, -0.15) is 0 Å². The van der Waals surface area contributed by atoms with E-state index < -0.39 is 5.97 Å². The van der Waals surface area contributed by atoms with E-state index in [2.05, 4.69) is 5.32 Å². The molecule has 2 N–H and O–H groups in total. The molecule has 1 aromatic rings. The highest BCUT2D eigenvalue weighted by atomic mass is 16.4. The number of aromatic carboxylic acids is 1. The molecule has 0 aromatic carbocycles. The summed E-state index contributed by atoms with van der Waals surface area (Å²) < 4.78 is 1.54. The van der Waals surface area contributed by atoms with E-state index in [0.717, 1.165) is 18.4 Å². The molecule has 5 nitrogen and oxygen atoms in total. The first kappa shape index (κ1) is 10.7. The Morgan fingerprint density at radius 2 is 2.25 bits per heavy atom. The molecule has 1 aliphatic carbocycles. The summed E-state index contributed by atoms with van der Waals surface area (Å²) in [5.41, 5.74) is 1.05. The number of aryl methyl sites for hydroxylation is 1. The molecule has 16 heavy (non-hydrogen) atoms. The molecule has 2 rings (SSSR count). The lowest BCUT2D eigenvalue weighted by atomic mass is 10.3. The zero-order valence-electron chi connectivity index (χ0n) is 9.06. The van der Waals surface area contributed by atoms with Gasteiger partial charge in [-0.15, -0.1) is 0 Å². The van der Waals surface area contributed by atoms with E-state index in [4.69, 9.17) is 5.11 Å². The molecule has 5 heteroatoms. The van der Waals surface area contributed by atoms with Crippen molar-refractivity contribution in [3.63, 3.8) is 0 Å². The van der Waals surface area contributed by atoms with Crippen LogP contribution in [0.4, 0.5) is 0 Å². The number of amides is 1. The van der Waals surface area contributed by atoms with Crippen LogP contribution < -0.4 is 5.32 Å². The Bertz CT molecular complexity index is 432. The van der Waals surface area contributed by atoms with Crippen LogP contribution in [0.1, 0.15) is 28.9 Å². The summed E-state index contributed by atoms with van der Waals surface area (Å²) >= 11 is 0. The van der Waals surface area contributed by atoms with Crippen molar-refractivity contribution >= 4 is 11.9 Å². The predicted molar refractivity (Wildman–Crippen MR) is 56.9 cm³/mol. The highest BCUT2D eigenvalue weighted by molar-refractivity contribution is 5.86. The SMILES string of the molecule is Cn1cc(CNC(=O)C2CC2)cc1C(=O)O. The molecule has 1 heterocycles. The van der Waals surface area contributed by atoms with Crippen LogP contribution in [0.2, 0.25) is 0 Å². The van der Waals surface area contributed by atoms with Crippen molar-refractivity contribution in [1.82, 2.24) is 9.88 Å². The minimum atomic E-state index is -0.956. The largest absolute Gasteiger partial charge is 0.477 e. The normalized spacial score (nSPS) is 14.8. The van der Waals surface area contributed by atoms with E-state index in [9.17, 15) is 9.59 Å². The maximum absolute atomic E-state index is 11.4. The summed E-state index contributed by atoms with van der Waals surface area (Å²) in [4.78, 5) is 22.2. The summed E-state index contributed by atoms with van der Waals surface area (Å²) in [5, 5.41) is 11.6. The van der Waals surface area contributed by atoms with Crippen LogP contribution >= 0.6 is 0 Å². The number of carboxylic acid groups (broad SMARTS) is 1. The number of carbonyl (C=O) groups excluding carboxylic acids is 1. The highest BCUT2D eigenvalue weighted by Gasteiger charge is 2.29. The van der Waals surface area contributed by atoms with Crippen molar-refractivity contribution in [2.75, 3.05) is 0 Å². The molecule has 1 saturated carbocycles. The van der Waals surface area contributed by atoms with Crippen LogP contribution in [0.5, 0.6) is 0 Å². The van der Waals surface area contributed by atoms with Crippen molar-refractivity contribution in [2.24, 2.45) is 13.0 Å². The fourth-order valence-electron chi connectivity index (χ4n) is 1.62. The van der Waals surface area contributed by atoms with Crippen LogP contribution in [0, 0.1) is 5.92 Å². The van der Waals surface area contributed by atoms with E-state index >= 15 is 0 Å². The number of hydrogen-bond donors (Lipinski definition) is 2. The van der Waals surface area contributed by atoms with Gasteiger partial charge in [0, 0.05) is 25.7 Å². The summed E-state index contributed by atoms with van der Waals surface area (Å²) in [5.74, 6) is -0.703. The molecule has 0 aliphatic heterocycles. The monoisotopic (exact) mass is 222 g/mol. The second-order valence-corrected chi connectivity index (χ2v) is 4.14.